The number of hydrogen-bond donors (Lipinski definition) is 2. The molecule has 2 aromatic rings. The Balaban J connectivity index is 2.27. The number of carbonyl (C=O) groups excluding carboxylic acids is 1. The average Bonchev–Trinajstić information content (AvgIpc) is 2.89. The van der Waals surface area contributed by atoms with Gasteiger partial charge in [0.1, 0.15) is 6.04 Å². The summed E-state index contributed by atoms with van der Waals surface area (Å²) in [6.45, 7) is 3.60. The van der Waals surface area contributed by atoms with Crippen molar-refractivity contribution in [2.75, 3.05) is 0 Å². The van der Waals surface area contributed by atoms with E-state index in [2.05, 4.69) is 10.4 Å². The first-order valence-electron chi connectivity index (χ1n) is 7.28. The maximum Gasteiger partial charge on any atom is 0.326 e. The van der Waals surface area contributed by atoms with Gasteiger partial charge in [-0.25, -0.2) is 9.48 Å². The highest BCUT2D eigenvalue weighted by atomic mass is 35.5. The summed E-state index contributed by atoms with van der Waals surface area (Å²) >= 11 is 6.15. The lowest BCUT2D eigenvalue weighted by Crippen LogP contribution is -2.40. The number of aliphatic carboxylic acids is 1. The third-order valence-corrected chi connectivity index (χ3v) is 3.84. The molecule has 0 saturated heterocycles. The maximum absolute atomic E-state index is 12.3. The maximum atomic E-state index is 12.3. The van der Waals surface area contributed by atoms with Gasteiger partial charge in [0.15, 0.2) is 0 Å². The van der Waals surface area contributed by atoms with Crippen LogP contribution in [0.15, 0.2) is 30.5 Å². The lowest BCUT2D eigenvalue weighted by Gasteiger charge is -2.13. The number of carbonyl (C=O) groups is 2. The van der Waals surface area contributed by atoms with E-state index in [0.29, 0.717) is 34.8 Å². The number of carboxylic acid groups (broad SMARTS) is 1. The molecule has 1 unspecified atom stereocenters. The summed E-state index contributed by atoms with van der Waals surface area (Å²) in [7, 11) is 0. The summed E-state index contributed by atoms with van der Waals surface area (Å²) < 4.78 is 1.56. The van der Waals surface area contributed by atoms with Gasteiger partial charge in [-0.1, -0.05) is 37.1 Å². The summed E-state index contributed by atoms with van der Waals surface area (Å²) in [6, 6.07) is 6.25. The van der Waals surface area contributed by atoms with Crippen molar-refractivity contribution in [1.29, 1.82) is 0 Å². The molecule has 1 aromatic heterocycles. The zero-order valence-corrected chi connectivity index (χ0v) is 13.7. The predicted molar refractivity (Wildman–Crippen MR) is 87.1 cm³/mol. The molecule has 2 rings (SSSR count). The molecule has 0 aliphatic heterocycles. The van der Waals surface area contributed by atoms with Crippen LogP contribution in [0.25, 0.3) is 5.69 Å². The van der Waals surface area contributed by atoms with E-state index in [9.17, 15) is 9.59 Å². The molecule has 2 N–H and O–H groups in total. The van der Waals surface area contributed by atoms with Crippen molar-refractivity contribution in [3.63, 3.8) is 0 Å². The van der Waals surface area contributed by atoms with Crippen LogP contribution < -0.4 is 5.32 Å². The van der Waals surface area contributed by atoms with Crippen LogP contribution in [0.3, 0.4) is 0 Å². The summed E-state index contributed by atoms with van der Waals surface area (Å²) in [5.74, 6) is -1.50. The Morgan fingerprint density at radius 2 is 2.09 bits per heavy atom. The molecule has 0 saturated carbocycles. The number of hydrogen-bond acceptors (Lipinski definition) is 3. The van der Waals surface area contributed by atoms with Crippen molar-refractivity contribution in [3.05, 3.63) is 46.7 Å². The number of amides is 1. The molecule has 0 spiro atoms. The highest BCUT2D eigenvalue weighted by Gasteiger charge is 2.22. The number of nitrogens with zero attached hydrogens (tertiary/aromatic N) is 2. The van der Waals surface area contributed by atoms with E-state index in [1.54, 1.807) is 29.8 Å². The number of carboxylic acids is 1. The lowest BCUT2D eigenvalue weighted by atomic mass is 10.1. The second kappa shape index (κ2) is 7.28. The Morgan fingerprint density at radius 3 is 2.70 bits per heavy atom. The minimum Gasteiger partial charge on any atom is -0.480 e. The Bertz CT molecular complexity index is 727. The molecule has 23 heavy (non-hydrogen) atoms. The highest BCUT2D eigenvalue weighted by Crippen LogP contribution is 2.22. The topological polar surface area (TPSA) is 84.2 Å². The van der Waals surface area contributed by atoms with E-state index < -0.39 is 17.9 Å². The van der Waals surface area contributed by atoms with Crippen LogP contribution in [0.2, 0.25) is 5.02 Å². The number of aromatic nitrogens is 2. The van der Waals surface area contributed by atoms with Gasteiger partial charge in [-0.15, -0.1) is 0 Å². The van der Waals surface area contributed by atoms with Gasteiger partial charge in [-0.2, -0.15) is 5.10 Å². The molecule has 0 bridgehead atoms. The Labute approximate surface area is 139 Å². The number of benzene rings is 1. The molecule has 0 radical (unpaired) electrons. The molecule has 1 atom stereocenters. The van der Waals surface area contributed by atoms with E-state index in [4.69, 9.17) is 16.7 Å². The van der Waals surface area contributed by atoms with Gasteiger partial charge < -0.3 is 10.4 Å². The monoisotopic (exact) mass is 335 g/mol. The van der Waals surface area contributed by atoms with E-state index in [0.717, 1.165) is 0 Å². The average molecular weight is 336 g/mol. The largest absolute Gasteiger partial charge is 0.480 e. The van der Waals surface area contributed by atoms with Crippen molar-refractivity contribution in [1.82, 2.24) is 15.1 Å². The molecule has 6 nitrogen and oxygen atoms in total. The standard InChI is InChI=1S/C16H18ClN3O3/c1-3-6-13(16(22)23)19-15(21)11-9-18-20(10(11)2)14-8-5-4-7-12(14)17/h4-5,7-9,13H,3,6H2,1-2H3,(H,19,21)(H,22,23). The van der Waals surface area contributed by atoms with Crippen molar-refractivity contribution < 1.29 is 14.7 Å². The fourth-order valence-electron chi connectivity index (χ4n) is 2.28. The minimum absolute atomic E-state index is 0.326. The van der Waals surface area contributed by atoms with E-state index in [-0.39, 0.29) is 0 Å². The summed E-state index contributed by atoms with van der Waals surface area (Å²) in [5.41, 5.74) is 1.58. The van der Waals surface area contributed by atoms with Gasteiger partial charge in [0.05, 0.1) is 28.2 Å². The molecule has 1 heterocycles. The summed E-state index contributed by atoms with van der Waals surface area (Å²) in [4.78, 5) is 23.5. The second-order valence-corrected chi connectivity index (χ2v) is 5.57. The van der Waals surface area contributed by atoms with E-state index >= 15 is 0 Å². The molecule has 0 aliphatic carbocycles. The third-order valence-electron chi connectivity index (χ3n) is 3.52. The molecule has 1 aromatic carbocycles. The van der Waals surface area contributed by atoms with Gasteiger partial charge in [0.25, 0.3) is 5.91 Å². The summed E-state index contributed by atoms with van der Waals surface area (Å²) in [5, 5.41) is 16.4. The van der Waals surface area contributed by atoms with Gasteiger partial charge in [0.2, 0.25) is 0 Å². The van der Waals surface area contributed by atoms with Crippen LogP contribution in [0.4, 0.5) is 0 Å². The molecule has 1 amide bonds. The third kappa shape index (κ3) is 3.71. The van der Waals surface area contributed by atoms with Crippen LogP contribution >= 0.6 is 11.6 Å². The molecule has 0 aliphatic rings. The molecular formula is C16H18ClN3O3. The lowest BCUT2D eigenvalue weighted by molar-refractivity contribution is -0.139. The van der Waals surface area contributed by atoms with Crippen molar-refractivity contribution in [3.8, 4) is 5.69 Å². The normalized spacial score (nSPS) is 12.0. The van der Waals surface area contributed by atoms with Crippen LogP contribution in [0, 0.1) is 6.92 Å². The fraction of sp³-hybridized carbons (Fsp3) is 0.312. The fourth-order valence-corrected chi connectivity index (χ4v) is 2.50. The smallest absolute Gasteiger partial charge is 0.326 e. The first-order valence-corrected chi connectivity index (χ1v) is 7.66. The Morgan fingerprint density at radius 1 is 1.39 bits per heavy atom. The molecular weight excluding hydrogens is 318 g/mol. The number of halogens is 1. The van der Waals surface area contributed by atoms with Gasteiger partial charge in [0, 0.05) is 0 Å². The van der Waals surface area contributed by atoms with Crippen molar-refractivity contribution >= 4 is 23.5 Å². The van der Waals surface area contributed by atoms with Crippen LogP contribution in [-0.4, -0.2) is 32.8 Å². The second-order valence-electron chi connectivity index (χ2n) is 5.16. The molecule has 0 fully saturated rings. The zero-order valence-electron chi connectivity index (χ0n) is 12.9. The predicted octanol–water partition coefficient (Wildman–Crippen LogP) is 2.82. The first-order chi connectivity index (χ1) is 11.0. The Hall–Kier alpha value is -2.34. The number of para-hydroxylation sites is 1. The van der Waals surface area contributed by atoms with Crippen LogP contribution in [0.5, 0.6) is 0 Å². The van der Waals surface area contributed by atoms with E-state index in [1.165, 1.54) is 6.20 Å². The van der Waals surface area contributed by atoms with Gasteiger partial charge >= 0.3 is 5.97 Å². The minimum atomic E-state index is -1.05. The molecule has 122 valence electrons. The number of rotatable bonds is 6. The first kappa shape index (κ1) is 17.0. The van der Waals surface area contributed by atoms with Crippen LogP contribution in [-0.2, 0) is 4.79 Å². The van der Waals surface area contributed by atoms with Gasteiger partial charge in [-0.3, -0.25) is 4.79 Å². The quantitative estimate of drug-likeness (QED) is 0.850. The summed E-state index contributed by atoms with van der Waals surface area (Å²) in [6.07, 6.45) is 2.45. The van der Waals surface area contributed by atoms with Crippen molar-refractivity contribution in [2.45, 2.75) is 32.7 Å². The Kier molecular flexibility index (Phi) is 5.39. The van der Waals surface area contributed by atoms with Gasteiger partial charge in [-0.05, 0) is 25.5 Å². The highest BCUT2D eigenvalue weighted by molar-refractivity contribution is 6.32. The number of nitrogens with one attached hydrogen (secondary N) is 1. The van der Waals surface area contributed by atoms with Crippen molar-refractivity contribution in [2.24, 2.45) is 0 Å². The SMILES string of the molecule is CCCC(NC(=O)c1cnn(-c2ccccc2Cl)c1C)C(=O)O. The van der Waals surface area contributed by atoms with E-state index in [1.807, 2.05) is 13.0 Å². The zero-order chi connectivity index (χ0) is 17.0. The molecule has 7 heteroatoms. The van der Waals surface area contributed by atoms with Crippen LogP contribution in [0.1, 0.15) is 35.8 Å².